The minimum atomic E-state index is -0.453. The lowest BCUT2D eigenvalue weighted by Gasteiger charge is -2.16. The van der Waals surface area contributed by atoms with E-state index >= 15 is 0 Å². The fraction of sp³-hybridized carbons (Fsp3) is 0.538. The van der Waals surface area contributed by atoms with Crippen molar-refractivity contribution in [1.29, 1.82) is 0 Å². The SMILES string of the molecule is COc1cc(C(C)C)ccc1C(O)CSC. The Kier molecular flexibility index (Phi) is 5.16. The number of methoxy groups -OCH3 is 1. The van der Waals surface area contributed by atoms with Crippen molar-refractivity contribution in [2.45, 2.75) is 25.9 Å². The van der Waals surface area contributed by atoms with Crippen LogP contribution in [0.15, 0.2) is 18.2 Å². The Morgan fingerprint density at radius 1 is 1.38 bits per heavy atom. The maximum Gasteiger partial charge on any atom is 0.124 e. The minimum absolute atomic E-state index is 0.453. The van der Waals surface area contributed by atoms with E-state index in [0.717, 1.165) is 11.3 Å². The monoisotopic (exact) mass is 240 g/mol. The van der Waals surface area contributed by atoms with E-state index in [1.54, 1.807) is 18.9 Å². The number of benzene rings is 1. The lowest BCUT2D eigenvalue weighted by molar-refractivity contribution is 0.199. The summed E-state index contributed by atoms with van der Waals surface area (Å²) in [6, 6.07) is 6.05. The second-order valence-electron chi connectivity index (χ2n) is 4.13. The molecule has 0 aliphatic rings. The second kappa shape index (κ2) is 6.16. The zero-order valence-corrected chi connectivity index (χ0v) is 11.2. The van der Waals surface area contributed by atoms with Crippen LogP contribution in [-0.2, 0) is 0 Å². The van der Waals surface area contributed by atoms with E-state index in [-0.39, 0.29) is 0 Å². The summed E-state index contributed by atoms with van der Waals surface area (Å²) in [6.07, 6.45) is 1.53. The molecule has 1 N–H and O–H groups in total. The van der Waals surface area contributed by atoms with Crippen LogP contribution < -0.4 is 4.74 Å². The topological polar surface area (TPSA) is 29.5 Å². The molecule has 0 radical (unpaired) electrons. The van der Waals surface area contributed by atoms with Crippen LogP contribution in [0.25, 0.3) is 0 Å². The van der Waals surface area contributed by atoms with Crippen molar-refractivity contribution in [2.75, 3.05) is 19.1 Å². The number of aliphatic hydroxyl groups is 1. The molecule has 0 aliphatic carbocycles. The second-order valence-corrected chi connectivity index (χ2v) is 5.04. The average molecular weight is 240 g/mol. The van der Waals surface area contributed by atoms with E-state index in [4.69, 9.17) is 4.74 Å². The fourth-order valence-electron chi connectivity index (χ4n) is 1.61. The Morgan fingerprint density at radius 2 is 2.06 bits per heavy atom. The number of hydrogen-bond donors (Lipinski definition) is 1. The molecule has 0 aliphatic heterocycles. The van der Waals surface area contributed by atoms with Crippen LogP contribution in [0.5, 0.6) is 5.75 Å². The Morgan fingerprint density at radius 3 is 2.56 bits per heavy atom. The third kappa shape index (κ3) is 3.16. The van der Waals surface area contributed by atoms with E-state index in [2.05, 4.69) is 19.9 Å². The number of aliphatic hydroxyl groups excluding tert-OH is 1. The van der Waals surface area contributed by atoms with E-state index in [1.807, 2.05) is 18.4 Å². The molecule has 0 saturated carbocycles. The maximum absolute atomic E-state index is 9.96. The van der Waals surface area contributed by atoms with Gasteiger partial charge in [-0.1, -0.05) is 26.0 Å². The molecule has 0 spiro atoms. The quantitative estimate of drug-likeness (QED) is 0.857. The summed E-state index contributed by atoms with van der Waals surface area (Å²) < 4.78 is 5.33. The van der Waals surface area contributed by atoms with Crippen LogP contribution in [0.1, 0.15) is 37.0 Å². The summed E-state index contributed by atoms with van der Waals surface area (Å²) in [5, 5.41) is 9.96. The van der Waals surface area contributed by atoms with Gasteiger partial charge in [0.15, 0.2) is 0 Å². The first-order valence-electron chi connectivity index (χ1n) is 5.45. The number of rotatable bonds is 5. The minimum Gasteiger partial charge on any atom is -0.496 e. The van der Waals surface area contributed by atoms with Crippen molar-refractivity contribution < 1.29 is 9.84 Å². The van der Waals surface area contributed by atoms with E-state index < -0.39 is 6.10 Å². The number of thioether (sulfide) groups is 1. The summed E-state index contributed by atoms with van der Waals surface area (Å²) in [5.41, 5.74) is 2.11. The highest BCUT2D eigenvalue weighted by molar-refractivity contribution is 7.98. The van der Waals surface area contributed by atoms with E-state index in [0.29, 0.717) is 11.7 Å². The fourth-order valence-corrected chi connectivity index (χ4v) is 2.11. The van der Waals surface area contributed by atoms with Crippen LogP contribution in [-0.4, -0.2) is 24.2 Å². The normalized spacial score (nSPS) is 12.9. The molecule has 0 saturated heterocycles. The molecule has 2 nitrogen and oxygen atoms in total. The molecule has 1 rings (SSSR count). The van der Waals surface area contributed by atoms with Crippen LogP contribution in [0.4, 0.5) is 0 Å². The number of hydrogen-bond acceptors (Lipinski definition) is 3. The molecule has 1 atom stereocenters. The molecule has 1 aromatic rings. The van der Waals surface area contributed by atoms with Gasteiger partial charge in [0.1, 0.15) is 5.75 Å². The van der Waals surface area contributed by atoms with Crippen LogP contribution in [0.2, 0.25) is 0 Å². The van der Waals surface area contributed by atoms with Gasteiger partial charge in [0.2, 0.25) is 0 Å². The smallest absolute Gasteiger partial charge is 0.124 e. The van der Waals surface area contributed by atoms with Crippen LogP contribution in [0.3, 0.4) is 0 Å². The zero-order valence-electron chi connectivity index (χ0n) is 10.4. The van der Waals surface area contributed by atoms with Gasteiger partial charge in [-0.25, -0.2) is 0 Å². The summed E-state index contributed by atoms with van der Waals surface area (Å²) in [7, 11) is 1.65. The lowest BCUT2D eigenvalue weighted by atomic mass is 9.99. The Labute approximate surface area is 102 Å². The molecule has 0 heterocycles. The van der Waals surface area contributed by atoms with Crippen LogP contribution >= 0.6 is 11.8 Å². The third-order valence-corrected chi connectivity index (χ3v) is 3.26. The van der Waals surface area contributed by atoms with Gasteiger partial charge in [0.25, 0.3) is 0 Å². The molecule has 0 aromatic heterocycles. The Balaban J connectivity index is 3.01. The van der Waals surface area contributed by atoms with Gasteiger partial charge in [0.05, 0.1) is 13.2 Å². The summed E-state index contributed by atoms with van der Waals surface area (Å²) in [6.45, 7) is 4.29. The largest absolute Gasteiger partial charge is 0.496 e. The van der Waals surface area contributed by atoms with Gasteiger partial charge in [-0.05, 0) is 23.8 Å². The van der Waals surface area contributed by atoms with Crippen LogP contribution in [0, 0.1) is 0 Å². The summed E-state index contributed by atoms with van der Waals surface area (Å²) in [5.74, 6) is 1.95. The molecule has 0 amide bonds. The summed E-state index contributed by atoms with van der Waals surface area (Å²) in [4.78, 5) is 0. The molecule has 1 aromatic carbocycles. The first-order chi connectivity index (χ1) is 7.60. The molecule has 1 unspecified atom stereocenters. The first-order valence-corrected chi connectivity index (χ1v) is 6.84. The molecule has 0 bridgehead atoms. The van der Waals surface area contributed by atoms with Crippen molar-refractivity contribution in [1.82, 2.24) is 0 Å². The highest BCUT2D eigenvalue weighted by Crippen LogP contribution is 2.30. The van der Waals surface area contributed by atoms with Crippen molar-refractivity contribution in [3.63, 3.8) is 0 Å². The highest BCUT2D eigenvalue weighted by Gasteiger charge is 2.13. The van der Waals surface area contributed by atoms with Crippen molar-refractivity contribution in [3.8, 4) is 5.75 Å². The third-order valence-electron chi connectivity index (χ3n) is 2.61. The highest BCUT2D eigenvalue weighted by atomic mass is 32.2. The van der Waals surface area contributed by atoms with Gasteiger partial charge in [-0.3, -0.25) is 0 Å². The maximum atomic E-state index is 9.96. The Bertz CT molecular complexity index is 337. The van der Waals surface area contributed by atoms with Gasteiger partial charge in [-0.2, -0.15) is 11.8 Å². The standard InChI is InChI=1S/C13H20O2S/c1-9(2)10-5-6-11(12(14)8-16-4)13(7-10)15-3/h5-7,9,12,14H,8H2,1-4H3. The predicted molar refractivity (Wildman–Crippen MR) is 70.4 cm³/mol. The van der Waals surface area contributed by atoms with Gasteiger partial charge in [0, 0.05) is 11.3 Å². The molecule has 3 heteroatoms. The van der Waals surface area contributed by atoms with E-state index in [1.165, 1.54) is 5.56 Å². The molecule has 90 valence electrons. The predicted octanol–water partition coefficient (Wildman–Crippen LogP) is 3.22. The molecule has 0 fully saturated rings. The Hall–Kier alpha value is -0.670. The van der Waals surface area contributed by atoms with Crippen molar-refractivity contribution in [3.05, 3.63) is 29.3 Å². The molecule has 16 heavy (non-hydrogen) atoms. The molecular formula is C13H20O2S. The molecular weight excluding hydrogens is 220 g/mol. The van der Waals surface area contributed by atoms with Gasteiger partial charge in [-0.15, -0.1) is 0 Å². The first kappa shape index (κ1) is 13.4. The van der Waals surface area contributed by atoms with Gasteiger partial charge >= 0.3 is 0 Å². The summed E-state index contributed by atoms with van der Waals surface area (Å²) >= 11 is 1.63. The van der Waals surface area contributed by atoms with Crippen molar-refractivity contribution in [2.24, 2.45) is 0 Å². The van der Waals surface area contributed by atoms with Crippen molar-refractivity contribution >= 4 is 11.8 Å². The van der Waals surface area contributed by atoms with Gasteiger partial charge < -0.3 is 9.84 Å². The lowest BCUT2D eigenvalue weighted by Crippen LogP contribution is -2.04. The average Bonchev–Trinajstić information content (AvgIpc) is 2.28. The van der Waals surface area contributed by atoms with E-state index in [9.17, 15) is 5.11 Å². The zero-order chi connectivity index (χ0) is 12.1. The number of ether oxygens (including phenoxy) is 1.